The van der Waals surface area contributed by atoms with Crippen LogP contribution in [0.3, 0.4) is 0 Å². The van der Waals surface area contributed by atoms with E-state index in [-0.39, 0.29) is 23.7 Å². The van der Waals surface area contributed by atoms with E-state index in [0.29, 0.717) is 18.7 Å². The van der Waals surface area contributed by atoms with E-state index < -0.39 is 11.4 Å². The van der Waals surface area contributed by atoms with Crippen molar-refractivity contribution in [3.63, 3.8) is 0 Å². The first-order valence-electron chi connectivity index (χ1n) is 9.32. The van der Waals surface area contributed by atoms with E-state index in [1.807, 2.05) is 24.3 Å². The number of hydrogen-bond donors (Lipinski definition) is 1. The third-order valence-electron chi connectivity index (χ3n) is 4.51. The second kappa shape index (κ2) is 9.69. The zero-order valence-corrected chi connectivity index (χ0v) is 16.7. The Hall–Kier alpha value is -3.68. The maximum atomic E-state index is 14.3. The van der Waals surface area contributed by atoms with Gasteiger partial charge in [-0.25, -0.2) is 9.07 Å². The van der Waals surface area contributed by atoms with E-state index in [1.165, 1.54) is 31.4 Å². The number of amides is 1. The second-order valence-electron chi connectivity index (χ2n) is 6.51. The lowest BCUT2D eigenvalue weighted by Crippen LogP contribution is -2.34. The molecule has 8 heteroatoms. The van der Waals surface area contributed by atoms with E-state index in [0.717, 1.165) is 16.0 Å². The van der Waals surface area contributed by atoms with Crippen LogP contribution in [0.4, 0.5) is 4.39 Å². The Bertz CT molecular complexity index is 1080. The van der Waals surface area contributed by atoms with Gasteiger partial charge >= 0.3 is 0 Å². The molecule has 0 atom stereocenters. The molecule has 0 fully saturated rings. The van der Waals surface area contributed by atoms with Crippen LogP contribution >= 0.6 is 0 Å². The number of aromatic nitrogens is 2. The number of hydrogen-bond acceptors (Lipinski definition) is 5. The SMILES string of the molecule is COc1ccc(CCNC(=O)Cn2nc(-c3ccc(OC)cc3F)ccc2=O)cc1. The first-order valence-corrected chi connectivity index (χ1v) is 9.32. The molecule has 30 heavy (non-hydrogen) atoms. The van der Waals surface area contributed by atoms with Crippen LogP contribution in [0.15, 0.2) is 59.4 Å². The lowest BCUT2D eigenvalue weighted by molar-refractivity contribution is -0.121. The maximum Gasteiger partial charge on any atom is 0.267 e. The maximum absolute atomic E-state index is 14.3. The molecule has 0 unspecified atom stereocenters. The van der Waals surface area contributed by atoms with Crippen molar-refractivity contribution in [1.82, 2.24) is 15.1 Å². The third-order valence-corrected chi connectivity index (χ3v) is 4.51. The van der Waals surface area contributed by atoms with Crippen LogP contribution in [0.5, 0.6) is 11.5 Å². The molecule has 0 radical (unpaired) electrons. The summed E-state index contributed by atoms with van der Waals surface area (Å²) in [6.45, 7) is 0.153. The molecule has 0 aliphatic rings. The Labute approximate surface area is 173 Å². The zero-order chi connectivity index (χ0) is 21.5. The summed E-state index contributed by atoms with van der Waals surface area (Å²) >= 11 is 0. The Morgan fingerprint density at radius 3 is 2.40 bits per heavy atom. The van der Waals surface area contributed by atoms with Crippen molar-refractivity contribution in [3.8, 4) is 22.8 Å². The molecular formula is C22H22FN3O4. The Kier molecular flexibility index (Phi) is 6.79. The summed E-state index contributed by atoms with van der Waals surface area (Å²) in [7, 11) is 3.05. The van der Waals surface area contributed by atoms with Crippen molar-refractivity contribution >= 4 is 5.91 Å². The van der Waals surface area contributed by atoms with Crippen molar-refractivity contribution in [2.75, 3.05) is 20.8 Å². The molecule has 0 spiro atoms. The van der Waals surface area contributed by atoms with Crippen molar-refractivity contribution in [1.29, 1.82) is 0 Å². The fourth-order valence-corrected chi connectivity index (χ4v) is 2.87. The number of carbonyl (C=O) groups excluding carboxylic acids is 1. The van der Waals surface area contributed by atoms with E-state index in [1.54, 1.807) is 13.2 Å². The molecule has 1 N–H and O–H groups in total. The summed E-state index contributed by atoms with van der Waals surface area (Å²) in [6, 6.07) is 14.6. The molecule has 0 bridgehead atoms. The van der Waals surface area contributed by atoms with Crippen LogP contribution in [0.1, 0.15) is 5.56 Å². The Morgan fingerprint density at radius 1 is 1.03 bits per heavy atom. The van der Waals surface area contributed by atoms with E-state index in [4.69, 9.17) is 9.47 Å². The van der Waals surface area contributed by atoms with Gasteiger partial charge in [-0.2, -0.15) is 5.10 Å². The molecule has 0 saturated heterocycles. The van der Waals surface area contributed by atoms with E-state index in [9.17, 15) is 14.0 Å². The predicted octanol–water partition coefficient (Wildman–Crippen LogP) is 2.43. The van der Waals surface area contributed by atoms with E-state index in [2.05, 4.69) is 10.4 Å². The molecule has 0 saturated carbocycles. The summed E-state index contributed by atoms with van der Waals surface area (Å²) in [5.74, 6) is 0.253. The van der Waals surface area contributed by atoms with E-state index >= 15 is 0 Å². The number of methoxy groups -OCH3 is 2. The fourth-order valence-electron chi connectivity index (χ4n) is 2.87. The standard InChI is InChI=1S/C22H22FN3O4/c1-29-16-5-3-15(4-6-16)11-12-24-21(27)14-26-22(28)10-9-20(25-26)18-8-7-17(30-2)13-19(18)23/h3-10,13H,11-12,14H2,1-2H3,(H,24,27). The molecule has 3 rings (SSSR count). The van der Waals surface area contributed by atoms with Gasteiger partial charge in [0.15, 0.2) is 0 Å². The van der Waals surface area contributed by atoms with Crippen molar-refractivity contribution in [3.05, 3.63) is 76.3 Å². The second-order valence-corrected chi connectivity index (χ2v) is 6.51. The number of nitrogens with one attached hydrogen (secondary N) is 1. The lowest BCUT2D eigenvalue weighted by atomic mass is 10.1. The Balaban J connectivity index is 1.63. The lowest BCUT2D eigenvalue weighted by Gasteiger charge is -2.10. The van der Waals surface area contributed by atoms with Gasteiger partial charge < -0.3 is 14.8 Å². The summed E-state index contributed by atoms with van der Waals surface area (Å²) in [6.07, 6.45) is 0.634. The highest BCUT2D eigenvalue weighted by atomic mass is 19.1. The van der Waals surface area contributed by atoms with Crippen LogP contribution in [0.25, 0.3) is 11.3 Å². The summed E-state index contributed by atoms with van der Waals surface area (Å²) in [4.78, 5) is 24.3. The predicted molar refractivity (Wildman–Crippen MR) is 110 cm³/mol. The van der Waals surface area contributed by atoms with Gasteiger partial charge in [-0.3, -0.25) is 9.59 Å². The number of benzene rings is 2. The largest absolute Gasteiger partial charge is 0.497 e. The van der Waals surface area contributed by atoms with Gasteiger partial charge in [-0.05, 0) is 42.3 Å². The number of carbonyl (C=O) groups is 1. The van der Waals surface area contributed by atoms with Crippen LogP contribution < -0.4 is 20.3 Å². The van der Waals surface area contributed by atoms with Gasteiger partial charge in [0.05, 0.1) is 19.9 Å². The third kappa shape index (κ3) is 5.22. The van der Waals surface area contributed by atoms with Gasteiger partial charge in [0, 0.05) is 24.2 Å². The van der Waals surface area contributed by atoms with Crippen LogP contribution in [0.2, 0.25) is 0 Å². The molecule has 1 aromatic heterocycles. The first kappa shape index (κ1) is 21.0. The van der Waals surface area contributed by atoms with Gasteiger partial charge in [-0.15, -0.1) is 0 Å². The van der Waals surface area contributed by atoms with Gasteiger partial charge in [-0.1, -0.05) is 12.1 Å². The van der Waals surface area contributed by atoms with Crippen LogP contribution in [-0.4, -0.2) is 36.5 Å². The molecule has 0 aliphatic carbocycles. The van der Waals surface area contributed by atoms with Gasteiger partial charge in [0.2, 0.25) is 5.91 Å². The topological polar surface area (TPSA) is 82.4 Å². The highest BCUT2D eigenvalue weighted by Crippen LogP contribution is 2.24. The summed E-state index contributed by atoms with van der Waals surface area (Å²) in [5, 5.41) is 6.89. The number of halogens is 1. The van der Waals surface area contributed by atoms with Gasteiger partial charge in [0.25, 0.3) is 5.56 Å². The first-order chi connectivity index (χ1) is 14.5. The molecule has 2 aromatic carbocycles. The van der Waals surface area contributed by atoms with Crippen molar-refractivity contribution < 1.29 is 18.7 Å². The average Bonchev–Trinajstić information content (AvgIpc) is 2.76. The minimum Gasteiger partial charge on any atom is -0.497 e. The number of ether oxygens (including phenoxy) is 2. The average molecular weight is 411 g/mol. The fraction of sp³-hybridized carbons (Fsp3) is 0.227. The van der Waals surface area contributed by atoms with Crippen molar-refractivity contribution in [2.45, 2.75) is 13.0 Å². The smallest absolute Gasteiger partial charge is 0.267 e. The molecule has 156 valence electrons. The van der Waals surface area contributed by atoms with Crippen LogP contribution in [-0.2, 0) is 17.8 Å². The quantitative estimate of drug-likeness (QED) is 0.616. The highest BCUT2D eigenvalue weighted by molar-refractivity contribution is 5.75. The summed E-state index contributed by atoms with van der Waals surface area (Å²) in [5.41, 5.74) is 1.06. The number of rotatable bonds is 8. The molecule has 7 nitrogen and oxygen atoms in total. The normalized spacial score (nSPS) is 10.5. The number of nitrogens with zero attached hydrogens (tertiary/aromatic N) is 2. The minimum atomic E-state index is -0.531. The molecule has 1 heterocycles. The highest BCUT2D eigenvalue weighted by Gasteiger charge is 2.11. The molecule has 0 aliphatic heterocycles. The molecular weight excluding hydrogens is 389 g/mol. The zero-order valence-electron chi connectivity index (χ0n) is 16.7. The molecule has 3 aromatic rings. The van der Waals surface area contributed by atoms with Crippen LogP contribution in [0, 0.1) is 5.82 Å². The molecule has 1 amide bonds. The minimum absolute atomic E-state index is 0.212. The van der Waals surface area contributed by atoms with Gasteiger partial charge in [0.1, 0.15) is 23.9 Å². The monoisotopic (exact) mass is 411 g/mol. The Morgan fingerprint density at radius 2 is 1.73 bits per heavy atom. The summed E-state index contributed by atoms with van der Waals surface area (Å²) < 4.78 is 25.4. The van der Waals surface area contributed by atoms with Crippen molar-refractivity contribution in [2.24, 2.45) is 0 Å².